The van der Waals surface area contributed by atoms with Gasteiger partial charge in [0.2, 0.25) is 0 Å². The number of hydrogen-bond donors (Lipinski definition) is 1. The zero-order chi connectivity index (χ0) is 19.3. The van der Waals surface area contributed by atoms with E-state index in [1.54, 1.807) is 4.90 Å². The standard InChI is InChI=1S/C20H34FN3O3/c1-2-27-19(26)24-11-4-7-17(8-12-24)23-13-9-20(21,10-14-23)18(25)22-15-16-5-3-6-16/h16-17H,2-15H2,1H3,(H,22,25). The summed E-state index contributed by atoms with van der Waals surface area (Å²) in [4.78, 5) is 28.3. The van der Waals surface area contributed by atoms with E-state index in [0.29, 0.717) is 44.7 Å². The lowest BCUT2D eigenvalue weighted by molar-refractivity contribution is -0.137. The van der Waals surface area contributed by atoms with Gasteiger partial charge in [-0.25, -0.2) is 9.18 Å². The van der Waals surface area contributed by atoms with E-state index in [4.69, 9.17) is 4.74 Å². The molecule has 2 heterocycles. The molecule has 0 radical (unpaired) electrons. The average Bonchev–Trinajstić information content (AvgIpc) is 2.87. The Hall–Kier alpha value is -1.37. The van der Waals surface area contributed by atoms with Crippen LogP contribution in [-0.4, -0.2) is 72.8 Å². The van der Waals surface area contributed by atoms with Crippen LogP contribution in [0.1, 0.15) is 58.3 Å². The summed E-state index contributed by atoms with van der Waals surface area (Å²) in [7, 11) is 0. The van der Waals surface area contributed by atoms with Crippen LogP contribution in [-0.2, 0) is 9.53 Å². The third-order valence-electron chi connectivity index (χ3n) is 6.51. The van der Waals surface area contributed by atoms with E-state index < -0.39 is 11.6 Å². The quantitative estimate of drug-likeness (QED) is 0.793. The van der Waals surface area contributed by atoms with Crippen molar-refractivity contribution in [2.24, 2.45) is 5.92 Å². The maximum absolute atomic E-state index is 15.1. The lowest BCUT2D eigenvalue weighted by atomic mass is 9.85. The predicted molar refractivity (Wildman–Crippen MR) is 101 cm³/mol. The molecule has 1 N–H and O–H groups in total. The molecule has 2 amide bonds. The number of likely N-dealkylation sites (tertiary alicyclic amines) is 2. The molecule has 6 nitrogen and oxygen atoms in total. The lowest BCUT2D eigenvalue weighted by Gasteiger charge is -2.39. The van der Waals surface area contributed by atoms with Gasteiger partial charge in [-0.2, -0.15) is 0 Å². The lowest BCUT2D eigenvalue weighted by Crippen LogP contribution is -2.54. The molecule has 154 valence electrons. The van der Waals surface area contributed by atoms with E-state index in [9.17, 15) is 9.59 Å². The van der Waals surface area contributed by atoms with Crippen molar-refractivity contribution in [2.75, 3.05) is 39.3 Å². The van der Waals surface area contributed by atoms with Gasteiger partial charge < -0.3 is 19.9 Å². The zero-order valence-corrected chi connectivity index (χ0v) is 16.6. The molecule has 3 fully saturated rings. The molecule has 0 spiro atoms. The topological polar surface area (TPSA) is 61.9 Å². The van der Waals surface area contributed by atoms with Crippen LogP contribution in [0, 0.1) is 5.92 Å². The highest BCUT2D eigenvalue weighted by Crippen LogP contribution is 2.31. The largest absolute Gasteiger partial charge is 0.450 e. The van der Waals surface area contributed by atoms with Gasteiger partial charge in [0.05, 0.1) is 6.61 Å². The van der Waals surface area contributed by atoms with Gasteiger partial charge in [0, 0.05) is 51.6 Å². The Kier molecular flexibility index (Phi) is 6.95. The van der Waals surface area contributed by atoms with Crippen molar-refractivity contribution >= 4 is 12.0 Å². The molecule has 2 aliphatic heterocycles. The number of rotatable bonds is 5. The Balaban J connectivity index is 1.44. The van der Waals surface area contributed by atoms with Gasteiger partial charge in [-0.15, -0.1) is 0 Å². The molecule has 1 atom stereocenters. The van der Waals surface area contributed by atoms with Gasteiger partial charge in [0.15, 0.2) is 5.67 Å². The Labute approximate surface area is 161 Å². The highest BCUT2D eigenvalue weighted by Gasteiger charge is 2.43. The second-order valence-electron chi connectivity index (χ2n) is 8.28. The van der Waals surface area contributed by atoms with Crippen molar-refractivity contribution < 1.29 is 18.7 Å². The number of halogens is 1. The summed E-state index contributed by atoms with van der Waals surface area (Å²) in [6, 6.07) is 0.354. The number of amides is 2. The summed E-state index contributed by atoms with van der Waals surface area (Å²) in [5.41, 5.74) is -1.72. The smallest absolute Gasteiger partial charge is 0.409 e. The van der Waals surface area contributed by atoms with Crippen LogP contribution >= 0.6 is 0 Å². The zero-order valence-electron chi connectivity index (χ0n) is 16.6. The summed E-state index contributed by atoms with van der Waals surface area (Å²) in [6.45, 7) is 5.46. The van der Waals surface area contributed by atoms with E-state index in [-0.39, 0.29) is 18.9 Å². The molecule has 1 aliphatic carbocycles. The predicted octanol–water partition coefficient (Wildman–Crippen LogP) is 2.72. The first-order chi connectivity index (χ1) is 13.0. The highest BCUT2D eigenvalue weighted by molar-refractivity contribution is 5.85. The molecule has 0 bridgehead atoms. The number of nitrogens with one attached hydrogen (secondary N) is 1. The van der Waals surface area contributed by atoms with Crippen molar-refractivity contribution in [3.05, 3.63) is 0 Å². The first kappa shape index (κ1) is 20.4. The summed E-state index contributed by atoms with van der Waals surface area (Å²) < 4.78 is 20.2. The maximum atomic E-state index is 15.1. The number of alkyl halides is 1. The van der Waals surface area contributed by atoms with Crippen LogP contribution in [0.15, 0.2) is 0 Å². The van der Waals surface area contributed by atoms with Gasteiger partial charge in [0.1, 0.15) is 0 Å². The van der Waals surface area contributed by atoms with Crippen molar-refractivity contribution in [1.82, 2.24) is 15.1 Å². The number of ether oxygens (including phenoxy) is 1. The fourth-order valence-corrected chi connectivity index (χ4v) is 4.40. The van der Waals surface area contributed by atoms with Gasteiger partial charge in [0.25, 0.3) is 5.91 Å². The first-order valence-corrected chi connectivity index (χ1v) is 10.6. The number of piperidine rings is 1. The van der Waals surface area contributed by atoms with Crippen LogP contribution in [0.25, 0.3) is 0 Å². The van der Waals surface area contributed by atoms with Gasteiger partial charge in [-0.05, 0) is 44.9 Å². The molecular weight excluding hydrogens is 349 g/mol. The molecule has 2 saturated heterocycles. The van der Waals surface area contributed by atoms with Crippen molar-refractivity contribution in [2.45, 2.75) is 70.0 Å². The molecule has 0 aromatic rings. The molecule has 3 aliphatic rings. The Bertz CT molecular complexity index is 519. The maximum Gasteiger partial charge on any atom is 0.409 e. The number of carbonyl (C=O) groups is 2. The number of hydrogen-bond acceptors (Lipinski definition) is 4. The fraction of sp³-hybridized carbons (Fsp3) is 0.900. The van der Waals surface area contributed by atoms with Crippen LogP contribution in [0.4, 0.5) is 9.18 Å². The Morgan fingerprint density at radius 3 is 2.44 bits per heavy atom. The summed E-state index contributed by atoms with van der Waals surface area (Å²) >= 11 is 0. The Morgan fingerprint density at radius 2 is 1.81 bits per heavy atom. The van der Waals surface area contributed by atoms with Crippen molar-refractivity contribution in [1.29, 1.82) is 0 Å². The summed E-state index contributed by atoms with van der Waals surface area (Å²) in [5.74, 6) is 0.134. The normalized spacial score (nSPS) is 26.7. The molecule has 3 rings (SSSR count). The van der Waals surface area contributed by atoms with E-state index in [2.05, 4.69) is 10.2 Å². The molecule has 1 saturated carbocycles. The summed E-state index contributed by atoms with van der Waals surface area (Å²) in [6.07, 6.45) is 6.64. The molecular formula is C20H34FN3O3. The monoisotopic (exact) mass is 383 g/mol. The second-order valence-corrected chi connectivity index (χ2v) is 8.28. The molecule has 27 heavy (non-hydrogen) atoms. The SMILES string of the molecule is CCOC(=O)N1CCCC(N2CCC(F)(C(=O)NCC3CCC3)CC2)CC1. The molecule has 1 unspecified atom stereocenters. The third kappa shape index (κ3) is 5.12. The average molecular weight is 384 g/mol. The Morgan fingerprint density at radius 1 is 1.07 bits per heavy atom. The summed E-state index contributed by atoms with van der Waals surface area (Å²) in [5, 5.41) is 2.84. The minimum absolute atomic E-state index is 0.234. The fourth-order valence-electron chi connectivity index (χ4n) is 4.40. The van der Waals surface area contributed by atoms with Gasteiger partial charge in [-0.1, -0.05) is 6.42 Å². The minimum Gasteiger partial charge on any atom is -0.450 e. The number of carbonyl (C=O) groups excluding carboxylic acids is 2. The van der Waals surface area contributed by atoms with Crippen LogP contribution in [0.5, 0.6) is 0 Å². The first-order valence-electron chi connectivity index (χ1n) is 10.6. The van der Waals surface area contributed by atoms with E-state index in [0.717, 1.165) is 38.6 Å². The molecule has 0 aromatic carbocycles. The van der Waals surface area contributed by atoms with Crippen LogP contribution < -0.4 is 5.32 Å². The van der Waals surface area contributed by atoms with Gasteiger partial charge >= 0.3 is 6.09 Å². The van der Waals surface area contributed by atoms with Crippen LogP contribution in [0.3, 0.4) is 0 Å². The molecule has 0 aromatic heterocycles. The highest BCUT2D eigenvalue weighted by atomic mass is 19.1. The van der Waals surface area contributed by atoms with E-state index in [1.165, 1.54) is 6.42 Å². The van der Waals surface area contributed by atoms with E-state index >= 15 is 4.39 Å². The van der Waals surface area contributed by atoms with Crippen LogP contribution in [0.2, 0.25) is 0 Å². The van der Waals surface area contributed by atoms with E-state index in [1.807, 2.05) is 6.92 Å². The van der Waals surface area contributed by atoms with Crippen molar-refractivity contribution in [3.8, 4) is 0 Å². The minimum atomic E-state index is -1.72. The molecule has 7 heteroatoms. The second kappa shape index (κ2) is 9.22. The third-order valence-corrected chi connectivity index (χ3v) is 6.51. The number of nitrogens with zero attached hydrogens (tertiary/aromatic N) is 2. The van der Waals surface area contributed by atoms with Crippen molar-refractivity contribution in [3.63, 3.8) is 0 Å². The van der Waals surface area contributed by atoms with Gasteiger partial charge in [-0.3, -0.25) is 4.79 Å².